The summed E-state index contributed by atoms with van der Waals surface area (Å²) in [5.41, 5.74) is -0.140. The maximum atomic E-state index is 9.65. The van der Waals surface area contributed by atoms with E-state index in [0.29, 0.717) is 18.1 Å². The average Bonchev–Trinajstić information content (AvgIpc) is 2.31. The Labute approximate surface area is 120 Å². The summed E-state index contributed by atoms with van der Waals surface area (Å²) in [6.07, 6.45) is 4.36. The van der Waals surface area contributed by atoms with Crippen LogP contribution in [0.25, 0.3) is 0 Å². The summed E-state index contributed by atoms with van der Waals surface area (Å²) >= 11 is 0. The van der Waals surface area contributed by atoms with E-state index in [2.05, 4.69) is 46.9 Å². The number of hydrogen-bond acceptors (Lipinski definition) is 3. The molecule has 0 aromatic heterocycles. The highest BCUT2D eigenvalue weighted by Gasteiger charge is 2.27. The van der Waals surface area contributed by atoms with E-state index < -0.39 is 0 Å². The fourth-order valence-electron chi connectivity index (χ4n) is 2.63. The molecule has 0 fully saturated rings. The van der Waals surface area contributed by atoms with Gasteiger partial charge in [-0.15, -0.1) is 0 Å². The molecule has 0 aliphatic rings. The molecule has 0 rings (SSSR count). The molecule has 0 aliphatic heterocycles. The molecule has 2 unspecified atom stereocenters. The summed E-state index contributed by atoms with van der Waals surface area (Å²) in [5, 5.41) is 13.2. The lowest BCUT2D eigenvalue weighted by Crippen LogP contribution is -2.51. The van der Waals surface area contributed by atoms with Gasteiger partial charge in [0.05, 0.1) is 12.7 Å². The van der Waals surface area contributed by atoms with Crippen molar-refractivity contribution >= 4 is 0 Å². The molecule has 0 heterocycles. The third-order valence-electron chi connectivity index (χ3n) is 3.58. The summed E-state index contributed by atoms with van der Waals surface area (Å²) in [6, 6.07) is 0.396. The number of aliphatic hydroxyl groups excluding tert-OH is 1. The second kappa shape index (κ2) is 9.73. The van der Waals surface area contributed by atoms with Gasteiger partial charge in [-0.3, -0.25) is 0 Å². The summed E-state index contributed by atoms with van der Waals surface area (Å²) in [4.78, 5) is 0. The van der Waals surface area contributed by atoms with E-state index in [1.807, 2.05) is 0 Å². The first kappa shape index (κ1) is 18.9. The second-order valence-corrected chi connectivity index (χ2v) is 6.51. The Bertz CT molecular complexity index is 213. The van der Waals surface area contributed by atoms with Gasteiger partial charge in [-0.2, -0.15) is 0 Å². The number of ether oxygens (including phenoxy) is 1. The lowest BCUT2D eigenvalue weighted by molar-refractivity contribution is 0.0411. The molecule has 2 N–H and O–H groups in total. The van der Waals surface area contributed by atoms with Crippen LogP contribution in [0, 0.1) is 5.92 Å². The van der Waals surface area contributed by atoms with E-state index in [-0.39, 0.29) is 12.1 Å². The second-order valence-electron chi connectivity index (χ2n) is 6.51. The lowest BCUT2D eigenvalue weighted by atomic mass is 9.90. The van der Waals surface area contributed by atoms with Gasteiger partial charge in [0, 0.05) is 18.2 Å². The topological polar surface area (TPSA) is 41.5 Å². The Kier molecular flexibility index (Phi) is 9.67. The molecule has 0 saturated carbocycles. The van der Waals surface area contributed by atoms with Crippen molar-refractivity contribution in [1.29, 1.82) is 0 Å². The van der Waals surface area contributed by atoms with E-state index in [0.717, 1.165) is 32.3 Å². The predicted molar refractivity (Wildman–Crippen MR) is 82.5 cm³/mol. The van der Waals surface area contributed by atoms with Crippen molar-refractivity contribution in [3.8, 4) is 0 Å². The quantitative estimate of drug-likeness (QED) is 0.567. The molecule has 0 amide bonds. The summed E-state index contributed by atoms with van der Waals surface area (Å²) in [5.74, 6) is 0.685. The molecule has 3 nitrogen and oxygen atoms in total. The van der Waals surface area contributed by atoms with Crippen LogP contribution in [-0.4, -0.2) is 36.0 Å². The van der Waals surface area contributed by atoms with Crippen molar-refractivity contribution in [1.82, 2.24) is 5.32 Å². The minimum Gasteiger partial charge on any atom is -0.394 e. The van der Waals surface area contributed by atoms with Gasteiger partial charge in [-0.05, 0) is 38.5 Å². The van der Waals surface area contributed by atoms with Crippen LogP contribution in [0.3, 0.4) is 0 Å². The molecule has 0 aromatic rings. The Morgan fingerprint density at radius 2 is 1.79 bits per heavy atom. The summed E-state index contributed by atoms with van der Waals surface area (Å²) < 4.78 is 5.83. The highest BCUT2D eigenvalue weighted by atomic mass is 16.5. The van der Waals surface area contributed by atoms with E-state index in [4.69, 9.17) is 4.74 Å². The molecule has 0 radical (unpaired) electrons. The summed E-state index contributed by atoms with van der Waals surface area (Å²) in [7, 11) is 0. The minimum absolute atomic E-state index is 0.140. The zero-order chi connectivity index (χ0) is 14.9. The molecular weight excluding hydrogens is 238 g/mol. The minimum atomic E-state index is -0.140. The molecule has 0 spiro atoms. The fraction of sp³-hybridized carbons (Fsp3) is 1.00. The lowest BCUT2D eigenvalue weighted by Gasteiger charge is -2.34. The molecule has 0 aliphatic carbocycles. The third-order valence-corrected chi connectivity index (χ3v) is 3.58. The van der Waals surface area contributed by atoms with Crippen LogP contribution < -0.4 is 5.32 Å². The van der Waals surface area contributed by atoms with Crippen LogP contribution >= 0.6 is 0 Å². The Balaban J connectivity index is 3.99. The van der Waals surface area contributed by atoms with Crippen LogP contribution in [0.2, 0.25) is 0 Å². The molecule has 0 saturated heterocycles. The smallest absolute Gasteiger partial charge is 0.0613 e. The van der Waals surface area contributed by atoms with Crippen LogP contribution in [-0.2, 0) is 4.74 Å². The summed E-state index contributed by atoms with van der Waals surface area (Å²) in [6.45, 7) is 14.0. The first-order valence-corrected chi connectivity index (χ1v) is 7.85. The first-order chi connectivity index (χ1) is 8.85. The van der Waals surface area contributed by atoms with Crippen molar-refractivity contribution in [3.63, 3.8) is 0 Å². The Morgan fingerprint density at radius 1 is 1.16 bits per heavy atom. The van der Waals surface area contributed by atoms with Crippen molar-refractivity contribution in [2.45, 2.75) is 84.9 Å². The van der Waals surface area contributed by atoms with Gasteiger partial charge >= 0.3 is 0 Å². The number of nitrogens with one attached hydrogen (secondary N) is 1. The van der Waals surface area contributed by atoms with Gasteiger partial charge in [-0.1, -0.05) is 34.6 Å². The van der Waals surface area contributed by atoms with E-state index in [9.17, 15) is 5.11 Å². The average molecular weight is 273 g/mol. The molecule has 2 atom stereocenters. The van der Waals surface area contributed by atoms with Crippen molar-refractivity contribution in [2.75, 3.05) is 13.2 Å². The molecular formula is C16H35NO2. The molecule has 3 heteroatoms. The Morgan fingerprint density at radius 3 is 2.21 bits per heavy atom. The van der Waals surface area contributed by atoms with Gasteiger partial charge in [0.25, 0.3) is 0 Å². The van der Waals surface area contributed by atoms with Gasteiger partial charge in [0.2, 0.25) is 0 Å². The zero-order valence-electron chi connectivity index (χ0n) is 13.8. The van der Waals surface area contributed by atoms with Crippen molar-refractivity contribution in [2.24, 2.45) is 5.92 Å². The van der Waals surface area contributed by atoms with E-state index in [1.54, 1.807) is 0 Å². The highest BCUT2D eigenvalue weighted by Crippen LogP contribution is 2.18. The normalized spacial score (nSPS) is 16.9. The largest absolute Gasteiger partial charge is 0.394 e. The van der Waals surface area contributed by atoms with Crippen LogP contribution in [0.1, 0.15) is 67.2 Å². The fourth-order valence-corrected chi connectivity index (χ4v) is 2.63. The first-order valence-electron chi connectivity index (χ1n) is 7.85. The molecule has 19 heavy (non-hydrogen) atoms. The van der Waals surface area contributed by atoms with Crippen LogP contribution in [0.4, 0.5) is 0 Å². The predicted octanol–water partition coefficient (Wildman–Crippen LogP) is 3.36. The SMILES string of the molecule is CCC(CO)(CCCOC(C)CC(C)C)NC(C)C. The molecule has 0 aromatic carbocycles. The van der Waals surface area contributed by atoms with E-state index >= 15 is 0 Å². The van der Waals surface area contributed by atoms with Crippen molar-refractivity contribution in [3.05, 3.63) is 0 Å². The van der Waals surface area contributed by atoms with Gasteiger partial charge in [-0.25, -0.2) is 0 Å². The standard InChI is InChI=1S/C16H35NO2/c1-7-16(12-18,17-14(4)5)9-8-10-19-15(6)11-13(2)3/h13-15,17-18H,7-12H2,1-6H3. The van der Waals surface area contributed by atoms with Crippen molar-refractivity contribution < 1.29 is 9.84 Å². The highest BCUT2D eigenvalue weighted by molar-refractivity contribution is 4.87. The number of rotatable bonds is 11. The molecule has 116 valence electrons. The Hall–Kier alpha value is -0.120. The molecule has 0 bridgehead atoms. The number of aliphatic hydroxyl groups is 1. The maximum absolute atomic E-state index is 9.65. The van der Waals surface area contributed by atoms with Crippen LogP contribution in [0.15, 0.2) is 0 Å². The zero-order valence-corrected chi connectivity index (χ0v) is 13.8. The monoisotopic (exact) mass is 273 g/mol. The van der Waals surface area contributed by atoms with Gasteiger partial charge < -0.3 is 15.2 Å². The van der Waals surface area contributed by atoms with Gasteiger partial charge in [0.15, 0.2) is 0 Å². The van der Waals surface area contributed by atoms with E-state index in [1.165, 1.54) is 0 Å². The number of hydrogen-bond donors (Lipinski definition) is 2. The van der Waals surface area contributed by atoms with Crippen LogP contribution in [0.5, 0.6) is 0 Å². The maximum Gasteiger partial charge on any atom is 0.0613 e. The third kappa shape index (κ3) is 8.61. The van der Waals surface area contributed by atoms with Gasteiger partial charge in [0.1, 0.15) is 0 Å².